The lowest BCUT2D eigenvalue weighted by Crippen LogP contribution is -2.09. The summed E-state index contributed by atoms with van der Waals surface area (Å²) in [4.78, 5) is 34.2. The van der Waals surface area contributed by atoms with Gasteiger partial charge in [0.25, 0.3) is 0 Å². The van der Waals surface area contributed by atoms with Gasteiger partial charge in [-0.25, -0.2) is 0 Å². The van der Waals surface area contributed by atoms with E-state index in [1.165, 1.54) is 13.8 Å². The van der Waals surface area contributed by atoms with E-state index in [1.54, 1.807) is 42.5 Å². The molecule has 0 heterocycles. The lowest BCUT2D eigenvalue weighted by molar-refractivity contribution is -0.117. The number of rotatable bonds is 6. The number of hydrogen-bond acceptors (Lipinski definition) is 3. The number of primary amides is 1. The molecular formula is C20H21N3O3. The third-order valence-corrected chi connectivity index (χ3v) is 3.48. The molecular weight excluding hydrogens is 330 g/mol. The summed E-state index contributed by atoms with van der Waals surface area (Å²) in [6.07, 6.45) is 1.73. The van der Waals surface area contributed by atoms with Crippen LogP contribution in [0.1, 0.15) is 31.4 Å². The molecule has 6 heteroatoms. The molecule has 4 N–H and O–H groups in total. The quantitative estimate of drug-likeness (QED) is 0.744. The molecule has 0 fully saturated rings. The predicted molar refractivity (Wildman–Crippen MR) is 102 cm³/mol. The first-order chi connectivity index (χ1) is 12.9. The average molecular weight is 353 g/mol. The molecule has 2 aromatic carbocycles. The van der Waals surface area contributed by atoms with Crippen LogP contribution in [0.4, 0.5) is 11.4 Å². The van der Waals surface area contributed by atoms with E-state index in [4.69, 9.17) is 1.41 Å². The molecule has 0 aliphatic heterocycles. The second kappa shape index (κ2) is 8.62. The van der Waals surface area contributed by atoms with E-state index in [0.29, 0.717) is 11.4 Å². The number of amides is 3. The Kier molecular flexibility index (Phi) is 5.77. The molecule has 0 aliphatic carbocycles. The minimum atomic E-state index is -0.441. The van der Waals surface area contributed by atoms with Gasteiger partial charge in [-0.2, -0.15) is 0 Å². The van der Waals surface area contributed by atoms with E-state index in [-0.39, 0.29) is 18.2 Å². The number of hydrogen-bond donors (Lipinski definition) is 3. The largest absolute Gasteiger partial charge is 0.369 e. The van der Waals surface area contributed by atoms with Crippen molar-refractivity contribution in [2.75, 3.05) is 10.6 Å². The second-order valence-corrected chi connectivity index (χ2v) is 5.77. The molecule has 0 aromatic heterocycles. The molecule has 0 spiro atoms. The van der Waals surface area contributed by atoms with Gasteiger partial charge < -0.3 is 16.4 Å². The predicted octanol–water partition coefficient (Wildman–Crippen LogP) is 2.91. The normalized spacial score (nSPS) is 10.3. The molecule has 0 atom stereocenters. The summed E-state index contributed by atoms with van der Waals surface area (Å²) in [5, 5.41) is 5.47. The van der Waals surface area contributed by atoms with E-state index < -0.39 is 5.91 Å². The van der Waals surface area contributed by atoms with Crippen molar-refractivity contribution in [1.29, 1.82) is 0 Å². The number of carbonyl (C=O) groups excluding carboxylic acids is 3. The Morgan fingerprint density at radius 1 is 0.962 bits per heavy atom. The van der Waals surface area contributed by atoms with Crippen LogP contribution >= 0.6 is 0 Å². The molecule has 0 saturated heterocycles. The number of anilines is 2. The SMILES string of the molecule is [3H]NC(=O)CC=C(c1cccc(NC(C)=O)c1)c1cccc(NC(C)=O)c1. The maximum absolute atomic E-state index is 11.5. The maximum Gasteiger partial charge on any atom is 0.221 e. The molecule has 2 aromatic rings. The zero-order valence-corrected chi connectivity index (χ0v) is 14.6. The Bertz CT molecular complexity index is 832. The average Bonchev–Trinajstić information content (AvgIpc) is 2.61. The lowest BCUT2D eigenvalue weighted by Gasteiger charge is -2.12. The number of benzene rings is 2. The van der Waals surface area contributed by atoms with Crippen LogP contribution < -0.4 is 16.4 Å². The summed E-state index contributed by atoms with van der Waals surface area (Å²) in [5.74, 6) is -0.804. The van der Waals surface area contributed by atoms with Crippen LogP contribution in [0, 0.1) is 0 Å². The van der Waals surface area contributed by atoms with Crippen LogP contribution in [-0.2, 0) is 14.4 Å². The van der Waals surface area contributed by atoms with Gasteiger partial charge in [0.1, 0.15) is 0 Å². The third-order valence-electron chi connectivity index (χ3n) is 3.48. The van der Waals surface area contributed by atoms with E-state index in [9.17, 15) is 14.4 Å². The van der Waals surface area contributed by atoms with E-state index in [0.717, 1.165) is 16.7 Å². The molecule has 0 aliphatic rings. The fourth-order valence-corrected chi connectivity index (χ4v) is 2.53. The maximum atomic E-state index is 11.5. The molecule has 0 bridgehead atoms. The monoisotopic (exact) mass is 353 g/mol. The fraction of sp³-hybridized carbons (Fsp3) is 0.150. The van der Waals surface area contributed by atoms with Crippen LogP contribution in [0.5, 0.6) is 0 Å². The first-order valence-corrected chi connectivity index (χ1v) is 8.06. The first kappa shape index (κ1) is 17.4. The zero-order chi connectivity index (χ0) is 19.8. The lowest BCUT2D eigenvalue weighted by atomic mass is 9.96. The standard InChI is InChI=1S/C20H21N3O3/c1-13(24)22-17-7-3-5-15(11-17)19(9-10-20(21)26)16-6-4-8-18(12-16)23-14(2)25/h3-9,11-12H,10H2,1-2H3,(H2,21,26)(H,22,24)(H,23,25)/i/hT. The molecule has 0 unspecified atom stereocenters. The summed E-state index contributed by atoms with van der Waals surface area (Å²) in [6, 6.07) is 14.5. The highest BCUT2D eigenvalue weighted by molar-refractivity contribution is 5.92. The van der Waals surface area contributed by atoms with Gasteiger partial charge in [0.15, 0.2) is 1.41 Å². The molecule has 134 valence electrons. The number of nitrogens with two attached hydrogens (primary N) is 1. The van der Waals surface area contributed by atoms with Crippen LogP contribution in [0.15, 0.2) is 54.6 Å². The summed E-state index contributed by atoms with van der Waals surface area (Å²) in [5.41, 5.74) is 5.45. The van der Waals surface area contributed by atoms with Gasteiger partial charge >= 0.3 is 0 Å². The van der Waals surface area contributed by atoms with Crippen LogP contribution in [0.2, 0.25) is 1.41 Å². The smallest absolute Gasteiger partial charge is 0.221 e. The van der Waals surface area contributed by atoms with Crippen LogP contribution in [-0.4, -0.2) is 17.7 Å². The summed E-state index contributed by atoms with van der Waals surface area (Å²) in [7, 11) is 0. The highest BCUT2D eigenvalue weighted by Crippen LogP contribution is 2.28. The van der Waals surface area contributed by atoms with Crippen molar-refractivity contribution in [3.63, 3.8) is 0 Å². The van der Waals surface area contributed by atoms with E-state index >= 15 is 0 Å². The van der Waals surface area contributed by atoms with Crippen molar-refractivity contribution in [2.24, 2.45) is 5.73 Å². The van der Waals surface area contributed by atoms with Crippen molar-refractivity contribution in [3.8, 4) is 0 Å². The minimum absolute atomic E-state index is 0.0214. The van der Waals surface area contributed by atoms with Crippen molar-refractivity contribution in [3.05, 3.63) is 65.7 Å². The summed E-state index contributed by atoms with van der Waals surface area (Å²) in [6.45, 7) is 2.86. The fourth-order valence-electron chi connectivity index (χ4n) is 2.53. The van der Waals surface area contributed by atoms with Gasteiger partial charge in [-0.1, -0.05) is 30.3 Å². The van der Waals surface area contributed by atoms with Crippen molar-refractivity contribution in [1.82, 2.24) is 0 Å². The van der Waals surface area contributed by atoms with Crippen molar-refractivity contribution < 1.29 is 15.8 Å². The van der Waals surface area contributed by atoms with Gasteiger partial charge in [0.2, 0.25) is 17.7 Å². The number of carbonyl (C=O) groups is 3. The summed E-state index contributed by atoms with van der Waals surface area (Å²) >= 11 is 0. The Morgan fingerprint density at radius 2 is 1.46 bits per heavy atom. The van der Waals surface area contributed by atoms with E-state index in [1.807, 2.05) is 17.9 Å². The highest BCUT2D eigenvalue weighted by Gasteiger charge is 2.09. The van der Waals surface area contributed by atoms with E-state index in [2.05, 4.69) is 10.6 Å². The van der Waals surface area contributed by atoms with Crippen molar-refractivity contribution >= 4 is 34.7 Å². The Hall–Kier alpha value is -3.41. The second-order valence-electron chi connectivity index (χ2n) is 5.77. The highest BCUT2D eigenvalue weighted by atomic mass is 16.2. The van der Waals surface area contributed by atoms with Gasteiger partial charge in [-0.05, 0) is 41.0 Å². The third kappa shape index (κ3) is 5.59. The molecule has 6 nitrogen and oxygen atoms in total. The molecule has 0 radical (unpaired) electrons. The molecule has 3 amide bonds. The minimum Gasteiger partial charge on any atom is -0.369 e. The number of nitrogens with one attached hydrogen (secondary N) is 2. The van der Waals surface area contributed by atoms with Crippen LogP contribution in [0.3, 0.4) is 0 Å². The molecule has 2 rings (SSSR count). The Balaban J connectivity index is 2.48. The van der Waals surface area contributed by atoms with Gasteiger partial charge in [-0.3, -0.25) is 14.4 Å². The van der Waals surface area contributed by atoms with Crippen molar-refractivity contribution in [2.45, 2.75) is 20.3 Å². The van der Waals surface area contributed by atoms with Gasteiger partial charge in [0.05, 0.1) is 0 Å². The van der Waals surface area contributed by atoms with Crippen LogP contribution in [0.25, 0.3) is 5.57 Å². The zero-order valence-electron chi connectivity index (χ0n) is 15.6. The van der Waals surface area contributed by atoms with Gasteiger partial charge in [0, 0.05) is 31.6 Å². The molecule has 26 heavy (non-hydrogen) atoms. The topological polar surface area (TPSA) is 101 Å². The van der Waals surface area contributed by atoms with Gasteiger partial charge in [-0.15, -0.1) is 0 Å². The Morgan fingerprint density at radius 3 is 1.88 bits per heavy atom. The summed E-state index contributed by atoms with van der Waals surface area (Å²) < 4.78 is 6.96. The first-order valence-electron chi connectivity index (χ1n) is 8.56. The molecule has 0 saturated carbocycles. The Labute approximate surface area is 153 Å².